The van der Waals surface area contributed by atoms with E-state index in [0.29, 0.717) is 17.2 Å². The quantitative estimate of drug-likeness (QED) is 0.874. The van der Waals surface area contributed by atoms with Gasteiger partial charge in [0.05, 0.1) is 11.3 Å². The van der Waals surface area contributed by atoms with Crippen molar-refractivity contribution in [1.29, 1.82) is 5.26 Å². The third-order valence-electron chi connectivity index (χ3n) is 3.74. The average molecular weight is 308 g/mol. The minimum atomic E-state index is -0.286. The van der Waals surface area contributed by atoms with Gasteiger partial charge in [0.25, 0.3) is 5.91 Å². The van der Waals surface area contributed by atoms with Gasteiger partial charge in [0, 0.05) is 0 Å². The Labute approximate surface area is 136 Å². The third kappa shape index (κ3) is 4.33. The van der Waals surface area contributed by atoms with Gasteiger partial charge in [-0.15, -0.1) is 0 Å². The van der Waals surface area contributed by atoms with Crippen LogP contribution in [0.5, 0.6) is 5.75 Å². The van der Waals surface area contributed by atoms with Gasteiger partial charge < -0.3 is 10.1 Å². The first-order chi connectivity index (χ1) is 11.2. The summed E-state index contributed by atoms with van der Waals surface area (Å²) in [5, 5.41) is 11.7. The number of para-hydroxylation sites is 2. The number of nitrogens with one attached hydrogen (secondary N) is 1. The highest BCUT2D eigenvalue weighted by atomic mass is 16.5. The number of amides is 1. The second-order valence-corrected chi connectivity index (χ2v) is 5.34. The fourth-order valence-corrected chi connectivity index (χ4v) is 2.26. The number of hydrogen-bond acceptors (Lipinski definition) is 3. The van der Waals surface area contributed by atoms with E-state index < -0.39 is 0 Å². The van der Waals surface area contributed by atoms with E-state index in [4.69, 9.17) is 10.00 Å². The zero-order chi connectivity index (χ0) is 16.7. The highest BCUT2D eigenvalue weighted by molar-refractivity contribution is 5.93. The van der Waals surface area contributed by atoms with Crippen LogP contribution in [0.2, 0.25) is 0 Å². The number of carbonyl (C=O) groups is 1. The van der Waals surface area contributed by atoms with E-state index in [2.05, 4.69) is 25.2 Å². The molecular weight excluding hydrogens is 288 g/mol. The zero-order valence-corrected chi connectivity index (χ0v) is 13.4. The van der Waals surface area contributed by atoms with Gasteiger partial charge in [0.1, 0.15) is 11.8 Å². The maximum Gasteiger partial charge on any atom is 0.262 e. The smallest absolute Gasteiger partial charge is 0.262 e. The Hall–Kier alpha value is -2.80. The van der Waals surface area contributed by atoms with Crippen molar-refractivity contribution in [3.8, 4) is 11.8 Å². The van der Waals surface area contributed by atoms with Crippen LogP contribution in [0.3, 0.4) is 0 Å². The van der Waals surface area contributed by atoms with E-state index in [1.54, 1.807) is 24.3 Å². The molecule has 2 rings (SSSR count). The lowest BCUT2D eigenvalue weighted by Crippen LogP contribution is -2.21. The van der Waals surface area contributed by atoms with Gasteiger partial charge in [-0.25, -0.2) is 0 Å². The predicted octanol–water partition coefficient (Wildman–Crippen LogP) is 4.09. The van der Waals surface area contributed by atoms with Crippen LogP contribution in [0.1, 0.15) is 37.3 Å². The van der Waals surface area contributed by atoms with Gasteiger partial charge in [-0.1, -0.05) is 44.2 Å². The number of nitrogens with zero attached hydrogens (tertiary/aromatic N) is 1. The number of rotatable bonds is 6. The molecule has 0 heterocycles. The molecule has 2 aromatic rings. The SMILES string of the molecule is CC[C@@H](C)c1ccccc1OCC(=O)Nc1ccccc1C#N. The normalized spacial score (nSPS) is 11.3. The highest BCUT2D eigenvalue weighted by Crippen LogP contribution is 2.28. The van der Waals surface area contributed by atoms with Crippen LogP contribution in [-0.2, 0) is 4.79 Å². The van der Waals surface area contributed by atoms with E-state index in [-0.39, 0.29) is 12.5 Å². The Morgan fingerprint density at radius 3 is 2.65 bits per heavy atom. The van der Waals surface area contributed by atoms with Crippen molar-refractivity contribution in [3.05, 3.63) is 59.7 Å². The summed E-state index contributed by atoms with van der Waals surface area (Å²) in [7, 11) is 0. The molecule has 0 aliphatic heterocycles. The Morgan fingerprint density at radius 2 is 1.91 bits per heavy atom. The lowest BCUT2D eigenvalue weighted by molar-refractivity contribution is -0.118. The molecule has 0 fully saturated rings. The second-order valence-electron chi connectivity index (χ2n) is 5.34. The standard InChI is InChI=1S/C19H20N2O2/c1-3-14(2)16-9-5-7-11-18(16)23-13-19(22)21-17-10-6-4-8-15(17)12-20/h4-11,14H,3,13H2,1-2H3,(H,21,22)/t14-/m1/s1. The topological polar surface area (TPSA) is 62.1 Å². The lowest BCUT2D eigenvalue weighted by atomic mass is 9.98. The summed E-state index contributed by atoms with van der Waals surface area (Å²) in [6, 6.07) is 16.7. The molecule has 0 spiro atoms. The zero-order valence-electron chi connectivity index (χ0n) is 13.4. The molecule has 0 aliphatic carbocycles. The number of benzene rings is 2. The van der Waals surface area contributed by atoms with Crippen LogP contribution in [0, 0.1) is 11.3 Å². The predicted molar refractivity (Wildman–Crippen MR) is 90.4 cm³/mol. The fraction of sp³-hybridized carbons (Fsp3) is 0.263. The van der Waals surface area contributed by atoms with Crippen molar-refractivity contribution in [2.45, 2.75) is 26.2 Å². The first-order valence-corrected chi connectivity index (χ1v) is 7.66. The number of nitriles is 1. The molecule has 0 aromatic heterocycles. The first-order valence-electron chi connectivity index (χ1n) is 7.66. The summed E-state index contributed by atoms with van der Waals surface area (Å²) in [5.74, 6) is 0.811. The lowest BCUT2D eigenvalue weighted by Gasteiger charge is -2.15. The molecule has 0 saturated carbocycles. The molecule has 2 aromatic carbocycles. The fourth-order valence-electron chi connectivity index (χ4n) is 2.26. The van der Waals surface area contributed by atoms with Crippen molar-refractivity contribution in [3.63, 3.8) is 0 Å². The van der Waals surface area contributed by atoms with Gasteiger partial charge in [-0.05, 0) is 36.1 Å². The van der Waals surface area contributed by atoms with Crippen molar-refractivity contribution < 1.29 is 9.53 Å². The monoisotopic (exact) mass is 308 g/mol. The summed E-state index contributed by atoms with van der Waals surface area (Å²) < 4.78 is 5.67. The Kier molecular flexibility index (Phi) is 5.76. The molecule has 118 valence electrons. The van der Waals surface area contributed by atoms with Crippen LogP contribution >= 0.6 is 0 Å². The van der Waals surface area contributed by atoms with E-state index in [9.17, 15) is 4.79 Å². The number of ether oxygens (including phenoxy) is 1. The molecule has 0 aliphatic rings. The van der Waals surface area contributed by atoms with E-state index in [0.717, 1.165) is 17.7 Å². The molecule has 0 bridgehead atoms. The molecular formula is C19H20N2O2. The number of anilines is 1. The Bertz CT molecular complexity index is 719. The molecule has 4 heteroatoms. The maximum absolute atomic E-state index is 12.1. The van der Waals surface area contributed by atoms with Gasteiger partial charge >= 0.3 is 0 Å². The van der Waals surface area contributed by atoms with E-state index in [1.165, 1.54) is 0 Å². The summed E-state index contributed by atoms with van der Waals surface area (Å²) in [6.07, 6.45) is 1.00. The molecule has 0 unspecified atom stereocenters. The number of hydrogen-bond donors (Lipinski definition) is 1. The molecule has 23 heavy (non-hydrogen) atoms. The maximum atomic E-state index is 12.1. The van der Waals surface area contributed by atoms with Gasteiger partial charge in [-0.2, -0.15) is 5.26 Å². The minimum absolute atomic E-state index is 0.0901. The van der Waals surface area contributed by atoms with E-state index >= 15 is 0 Å². The number of carbonyl (C=O) groups excluding carboxylic acids is 1. The van der Waals surface area contributed by atoms with Crippen molar-refractivity contribution >= 4 is 11.6 Å². The van der Waals surface area contributed by atoms with Crippen molar-refractivity contribution in [2.75, 3.05) is 11.9 Å². The van der Waals surface area contributed by atoms with Crippen LogP contribution < -0.4 is 10.1 Å². The molecule has 1 atom stereocenters. The summed E-state index contributed by atoms with van der Waals surface area (Å²) in [5.41, 5.74) is 2.03. The second kappa shape index (κ2) is 8.00. The van der Waals surface area contributed by atoms with Crippen LogP contribution in [0.25, 0.3) is 0 Å². The average Bonchev–Trinajstić information content (AvgIpc) is 2.60. The molecule has 0 radical (unpaired) electrons. The summed E-state index contributed by atoms with van der Waals surface area (Å²) >= 11 is 0. The molecule has 1 amide bonds. The summed E-state index contributed by atoms with van der Waals surface area (Å²) in [4.78, 5) is 12.1. The van der Waals surface area contributed by atoms with Crippen LogP contribution in [-0.4, -0.2) is 12.5 Å². The largest absolute Gasteiger partial charge is 0.483 e. The highest BCUT2D eigenvalue weighted by Gasteiger charge is 2.12. The molecule has 0 saturated heterocycles. The van der Waals surface area contributed by atoms with E-state index in [1.807, 2.05) is 24.3 Å². The minimum Gasteiger partial charge on any atom is -0.483 e. The van der Waals surface area contributed by atoms with Gasteiger partial charge in [0.2, 0.25) is 0 Å². The molecule has 1 N–H and O–H groups in total. The first kappa shape index (κ1) is 16.6. The Balaban J connectivity index is 2.02. The molecule has 4 nitrogen and oxygen atoms in total. The Morgan fingerprint density at radius 1 is 1.22 bits per heavy atom. The van der Waals surface area contributed by atoms with Crippen LogP contribution in [0.15, 0.2) is 48.5 Å². The van der Waals surface area contributed by atoms with Crippen molar-refractivity contribution in [1.82, 2.24) is 0 Å². The third-order valence-corrected chi connectivity index (χ3v) is 3.74. The van der Waals surface area contributed by atoms with Gasteiger partial charge in [0.15, 0.2) is 6.61 Å². The van der Waals surface area contributed by atoms with Crippen LogP contribution in [0.4, 0.5) is 5.69 Å². The summed E-state index contributed by atoms with van der Waals surface area (Å²) in [6.45, 7) is 4.16. The van der Waals surface area contributed by atoms with Gasteiger partial charge in [-0.3, -0.25) is 4.79 Å². The van der Waals surface area contributed by atoms with Crippen molar-refractivity contribution in [2.24, 2.45) is 0 Å².